The van der Waals surface area contributed by atoms with Gasteiger partial charge in [-0.3, -0.25) is 13.9 Å². The van der Waals surface area contributed by atoms with Gasteiger partial charge in [-0.25, -0.2) is 8.42 Å². The average Bonchev–Trinajstić information content (AvgIpc) is 2.94. The van der Waals surface area contributed by atoms with E-state index in [2.05, 4.69) is 21.2 Å². The molecule has 9 heteroatoms. The van der Waals surface area contributed by atoms with E-state index in [1.54, 1.807) is 11.0 Å². The second-order valence-corrected chi connectivity index (χ2v) is 13.2. The first-order valence-electron chi connectivity index (χ1n) is 13.9. The summed E-state index contributed by atoms with van der Waals surface area (Å²) in [6, 6.07) is 22.2. The average molecular weight is 643 g/mol. The van der Waals surface area contributed by atoms with Gasteiger partial charge in [-0.15, -0.1) is 0 Å². The first-order valence-corrected chi connectivity index (χ1v) is 16.5. The lowest BCUT2D eigenvalue weighted by Crippen LogP contribution is -2.50. The van der Waals surface area contributed by atoms with Gasteiger partial charge in [0.05, 0.1) is 11.9 Å². The standard InChI is InChI=1S/C32H40BrN3O4S/c1-5-19-34-32(38)30(22-26-10-7-6-8-11-26)35(23-27-14-16-28(33)17-15-27)31(37)12-9-20-36(41(4,39)40)29-18-13-24(2)25(3)21-29/h6-8,10-11,13-18,21,30H,5,9,12,19-20,22-23H2,1-4H3,(H,34,38). The number of carbonyl (C=O) groups is 2. The highest BCUT2D eigenvalue weighted by atomic mass is 79.9. The third-order valence-electron chi connectivity index (χ3n) is 7.02. The lowest BCUT2D eigenvalue weighted by Gasteiger charge is -2.32. The molecule has 0 aliphatic rings. The summed E-state index contributed by atoms with van der Waals surface area (Å²) in [4.78, 5) is 29.0. The van der Waals surface area contributed by atoms with Gasteiger partial charge in [-0.05, 0) is 73.2 Å². The van der Waals surface area contributed by atoms with E-state index in [1.165, 1.54) is 10.6 Å². The molecule has 3 aromatic rings. The van der Waals surface area contributed by atoms with Crippen molar-refractivity contribution in [2.24, 2.45) is 0 Å². The van der Waals surface area contributed by atoms with Crippen LogP contribution >= 0.6 is 15.9 Å². The van der Waals surface area contributed by atoms with Gasteiger partial charge >= 0.3 is 0 Å². The summed E-state index contributed by atoms with van der Waals surface area (Å²) in [6.07, 6.45) is 2.74. The van der Waals surface area contributed by atoms with Crippen LogP contribution in [0.3, 0.4) is 0 Å². The Morgan fingerprint density at radius 2 is 1.61 bits per heavy atom. The van der Waals surface area contributed by atoms with Crippen molar-refractivity contribution in [3.8, 4) is 0 Å². The van der Waals surface area contributed by atoms with Crippen LogP contribution in [0.4, 0.5) is 5.69 Å². The molecule has 0 aliphatic carbocycles. The maximum absolute atomic E-state index is 13.9. The molecule has 7 nitrogen and oxygen atoms in total. The molecule has 41 heavy (non-hydrogen) atoms. The van der Waals surface area contributed by atoms with Crippen LogP contribution < -0.4 is 9.62 Å². The second kappa shape index (κ2) is 15.2. The lowest BCUT2D eigenvalue weighted by atomic mass is 10.0. The second-order valence-electron chi connectivity index (χ2n) is 10.4. The minimum atomic E-state index is -3.56. The van der Waals surface area contributed by atoms with Crippen LogP contribution in [0.2, 0.25) is 0 Å². The Morgan fingerprint density at radius 1 is 0.927 bits per heavy atom. The molecular formula is C32H40BrN3O4S. The molecule has 0 saturated carbocycles. The third kappa shape index (κ3) is 9.71. The molecule has 2 amide bonds. The first-order chi connectivity index (χ1) is 19.5. The van der Waals surface area contributed by atoms with Crippen molar-refractivity contribution in [1.82, 2.24) is 10.2 Å². The predicted molar refractivity (Wildman–Crippen MR) is 169 cm³/mol. The summed E-state index contributed by atoms with van der Waals surface area (Å²) in [5, 5.41) is 2.98. The van der Waals surface area contributed by atoms with E-state index in [0.717, 1.165) is 33.1 Å². The predicted octanol–water partition coefficient (Wildman–Crippen LogP) is 5.78. The Labute approximate surface area is 253 Å². The number of aryl methyl sites for hydroxylation is 2. The number of nitrogens with one attached hydrogen (secondary N) is 1. The van der Waals surface area contributed by atoms with Crippen LogP contribution in [-0.4, -0.2) is 50.5 Å². The van der Waals surface area contributed by atoms with Crippen molar-refractivity contribution in [3.63, 3.8) is 0 Å². The summed E-state index contributed by atoms with van der Waals surface area (Å²) < 4.78 is 27.6. The van der Waals surface area contributed by atoms with Crippen LogP contribution in [0, 0.1) is 13.8 Å². The van der Waals surface area contributed by atoms with E-state index in [0.29, 0.717) is 25.1 Å². The summed E-state index contributed by atoms with van der Waals surface area (Å²) in [6.45, 7) is 6.84. The van der Waals surface area contributed by atoms with Crippen LogP contribution in [0.15, 0.2) is 77.3 Å². The first kappa shape index (κ1) is 32.3. The molecule has 0 fully saturated rings. The summed E-state index contributed by atoms with van der Waals surface area (Å²) in [5.74, 6) is -0.400. The van der Waals surface area contributed by atoms with Crippen LogP contribution in [0.5, 0.6) is 0 Å². The minimum absolute atomic E-state index is 0.0970. The van der Waals surface area contributed by atoms with Gasteiger partial charge in [0.2, 0.25) is 21.8 Å². The number of carbonyl (C=O) groups excluding carboxylic acids is 2. The number of hydrogen-bond donors (Lipinski definition) is 1. The SMILES string of the molecule is CCCNC(=O)C(Cc1ccccc1)N(Cc1ccc(Br)cc1)C(=O)CCCN(c1ccc(C)c(C)c1)S(C)(=O)=O. The lowest BCUT2D eigenvalue weighted by molar-refractivity contribution is -0.141. The molecule has 0 saturated heterocycles. The van der Waals surface area contributed by atoms with Crippen molar-refractivity contribution >= 4 is 43.5 Å². The summed E-state index contributed by atoms with van der Waals surface area (Å²) >= 11 is 3.46. The smallest absolute Gasteiger partial charge is 0.243 e. The van der Waals surface area contributed by atoms with Gasteiger partial charge in [-0.1, -0.05) is 71.4 Å². The molecule has 0 heterocycles. The minimum Gasteiger partial charge on any atom is -0.354 e. The number of anilines is 1. The molecule has 1 unspecified atom stereocenters. The van der Waals surface area contributed by atoms with E-state index in [9.17, 15) is 18.0 Å². The van der Waals surface area contributed by atoms with Gasteiger partial charge in [0.25, 0.3) is 0 Å². The molecule has 3 rings (SSSR count). The maximum atomic E-state index is 13.9. The number of amides is 2. The van der Waals surface area contributed by atoms with E-state index < -0.39 is 16.1 Å². The largest absolute Gasteiger partial charge is 0.354 e. The molecule has 0 radical (unpaired) electrons. The fraction of sp³-hybridized carbons (Fsp3) is 0.375. The Kier molecular flexibility index (Phi) is 12.0. The molecule has 1 N–H and O–H groups in total. The van der Waals surface area contributed by atoms with Crippen molar-refractivity contribution in [2.75, 3.05) is 23.7 Å². The zero-order valence-electron chi connectivity index (χ0n) is 24.3. The highest BCUT2D eigenvalue weighted by Crippen LogP contribution is 2.23. The van der Waals surface area contributed by atoms with Crippen molar-refractivity contribution in [1.29, 1.82) is 0 Å². The van der Waals surface area contributed by atoms with Crippen LogP contribution in [0.25, 0.3) is 0 Å². The van der Waals surface area contributed by atoms with Gasteiger partial charge < -0.3 is 10.2 Å². The number of hydrogen-bond acceptors (Lipinski definition) is 4. The molecule has 0 bridgehead atoms. The Balaban J connectivity index is 1.87. The molecule has 3 aromatic carbocycles. The van der Waals surface area contributed by atoms with Crippen LogP contribution in [0.1, 0.15) is 48.4 Å². The molecule has 220 valence electrons. The normalized spacial score (nSPS) is 12.0. The maximum Gasteiger partial charge on any atom is 0.243 e. The number of sulfonamides is 1. The highest BCUT2D eigenvalue weighted by Gasteiger charge is 2.30. The van der Waals surface area contributed by atoms with Gasteiger partial charge in [0.1, 0.15) is 6.04 Å². The van der Waals surface area contributed by atoms with Gasteiger partial charge in [0.15, 0.2) is 0 Å². The van der Waals surface area contributed by atoms with Crippen LogP contribution in [-0.2, 0) is 32.6 Å². The molecule has 0 spiro atoms. The number of halogens is 1. The number of nitrogens with zero attached hydrogens (tertiary/aromatic N) is 2. The van der Waals surface area contributed by atoms with Gasteiger partial charge in [0, 0.05) is 36.9 Å². The van der Waals surface area contributed by atoms with Gasteiger partial charge in [-0.2, -0.15) is 0 Å². The fourth-order valence-electron chi connectivity index (χ4n) is 4.59. The molecular weight excluding hydrogens is 602 g/mol. The Bertz CT molecular complexity index is 1410. The van der Waals surface area contributed by atoms with Crippen molar-refractivity contribution < 1.29 is 18.0 Å². The molecule has 1 atom stereocenters. The Morgan fingerprint density at radius 3 is 2.22 bits per heavy atom. The van der Waals surface area contributed by atoms with E-state index in [1.807, 2.05) is 87.5 Å². The Hall–Kier alpha value is -3.17. The van der Waals surface area contributed by atoms with Crippen molar-refractivity contribution in [2.45, 2.75) is 59.0 Å². The summed E-state index contributed by atoms with van der Waals surface area (Å²) in [5.41, 5.74) is 4.50. The quantitative estimate of drug-likeness (QED) is 0.242. The van der Waals surface area contributed by atoms with Crippen molar-refractivity contribution in [3.05, 3.63) is 99.5 Å². The van der Waals surface area contributed by atoms with E-state index in [4.69, 9.17) is 0 Å². The molecule has 0 aromatic heterocycles. The highest BCUT2D eigenvalue weighted by molar-refractivity contribution is 9.10. The zero-order valence-corrected chi connectivity index (χ0v) is 26.7. The zero-order chi connectivity index (χ0) is 30.0. The number of benzene rings is 3. The fourth-order valence-corrected chi connectivity index (χ4v) is 5.81. The molecule has 0 aliphatic heterocycles. The van der Waals surface area contributed by atoms with E-state index >= 15 is 0 Å². The number of rotatable bonds is 14. The summed E-state index contributed by atoms with van der Waals surface area (Å²) in [7, 11) is -3.56. The monoisotopic (exact) mass is 641 g/mol. The topological polar surface area (TPSA) is 86.8 Å². The van der Waals surface area contributed by atoms with E-state index in [-0.39, 0.29) is 31.3 Å². The third-order valence-corrected chi connectivity index (χ3v) is 8.74.